The zero-order chi connectivity index (χ0) is 10.7. The van der Waals surface area contributed by atoms with E-state index in [1.165, 1.54) is 0 Å². The van der Waals surface area contributed by atoms with Crippen LogP contribution in [0.25, 0.3) is 0 Å². The van der Waals surface area contributed by atoms with Gasteiger partial charge in [-0.15, -0.1) is 11.3 Å². The molecule has 1 aliphatic heterocycles. The minimum Gasteiger partial charge on any atom is -0.374 e. The fourth-order valence-corrected chi connectivity index (χ4v) is 2.65. The van der Waals surface area contributed by atoms with E-state index in [2.05, 4.69) is 17.3 Å². The van der Waals surface area contributed by atoms with E-state index >= 15 is 0 Å². The van der Waals surface area contributed by atoms with Gasteiger partial charge < -0.3 is 4.74 Å². The van der Waals surface area contributed by atoms with Crippen molar-refractivity contribution in [2.75, 3.05) is 0 Å². The molecule has 1 saturated heterocycles. The first-order valence-electron chi connectivity index (χ1n) is 5.29. The van der Waals surface area contributed by atoms with Gasteiger partial charge in [-0.1, -0.05) is 0 Å². The Morgan fingerprint density at radius 1 is 1.73 bits per heavy atom. The maximum Gasteiger partial charge on any atom is 0.0941 e. The van der Waals surface area contributed by atoms with Crippen molar-refractivity contribution in [1.29, 1.82) is 0 Å². The summed E-state index contributed by atoms with van der Waals surface area (Å²) >= 11 is 1.66. The highest BCUT2D eigenvalue weighted by Gasteiger charge is 2.29. The third-order valence-electron chi connectivity index (χ3n) is 2.81. The predicted molar refractivity (Wildman–Crippen MR) is 60.5 cm³/mol. The van der Waals surface area contributed by atoms with Crippen molar-refractivity contribution in [3.63, 3.8) is 0 Å². The maximum atomic E-state index is 5.80. The molecule has 0 aromatic carbocycles. The fourth-order valence-electron chi connectivity index (χ4n) is 1.97. The smallest absolute Gasteiger partial charge is 0.0941 e. The summed E-state index contributed by atoms with van der Waals surface area (Å²) in [5.74, 6) is 5.56. The molecule has 3 N–H and O–H groups in total. The number of thiazole rings is 1. The average Bonchev–Trinajstić information content (AvgIpc) is 2.85. The summed E-state index contributed by atoms with van der Waals surface area (Å²) in [6.45, 7) is 2.11. The summed E-state index contributed by atoms with van der Waals surface area (Å²) in [6.07, 6.45) is 5.48. The second-order valence-corrected chi connectivity index (χ2v) is 4.94. The average molecular weight is 227 g/mol. The van der Waals surface area contributed by atoms with Crippen molar-refractivity contribution >= 4 is 11.3 Å². The number of hydrazine groups is 1. The van der Waals surface area contributed by atoms with Crippen molar-refractivity contribution in [2.24, 2.45) is 5.84 Å². The minimum absolute atomic E-state index is 0.182. The van der Waals surface area contributed by atoms with Gasteiger partial charge in [0, 0.05) is 18.0 Å². The largest absolute Gasteiger partial charge is 0.374 e. The molecule has 84 valence electrons. The molecule has 3 unspecified atom stereocenters. The van der Waals surface area contributed by atoms with Crippen LogP contribution in [0.3, 0.4) is 0 Å². The molecule has 2 rings (SSSR count). The molecule has 0 aliphatic carbocycles. The van der Waals surface area contributed by atoms with Crippen LogP contribution in [0.5, 0.6) is 0 Å². The third-order valence-corrected chi connectivity index (χ3v) is 3.61. The van der Waals surface area contributed by atoms with Crippen LogP contribution in [0.1, 0.15) is 24.8 Å². The lowest BCUT2D eigenvalue weighted by atomic mass is 10.1. The van der Waals surface area contributed by atoms with Gasteiger partial charge in [-0.2, -0.15) is 0 Å². The van der Waals surface area contributed by atoms with Gasteiger partial charge in [-0.3, -0.25) is 11.3 Å². The lowest BCUT2D eigenvalue weighted by molar-refractivity contribution is 0.0320. The summed E-state index contributed by atoms with van der Waals surface area (Å²) in [5.41, 5.74) is 2.84. The molecule has 3 atom stereocenters. The molecular weight excluding hydrogens is 210 g/mol. The zero-order valence-electron chi connectivity index (χ0n) is 8.85. The molecular formula is C10H17N3OS. The van der Waals surface area contributed by atoms with Crippen molar-refractivity contribution < 1.29 is 4.74 Å². The van der Waals surface area contributed by atoms with Crippen molar-refractivity contribution in [3.8, 4) is 0 Å². The third kappa shape index (κ3) is 2.75. The summed E-state index contributed by atoms with van der Waals surface area (Å²) in [7, 11) is 0. The molecule has 1 aromatic heterocycles. The summed E-state index contributed by atoms with van der Waals surface area (Å²) in [5, 5.41) is 3.10. The number of nitrogens with one attached hydrogen (secondary N) is 1. The van der Waals surface area contributed by atoms with Crippen LogP contribution in [0, 0.1) is 0 Å². The van der Waals surface area contributed by atoms with Crippen LogP contribution in [-0.4, -0.2) is 23.2 Å². The van der Waals surface area contributed by atoms with Crippen LogP contribution in [0.15, 0.2) is 11.6 Å². The van der Waals surface area contributed by atoms with Crippen molar-refractivity contribution in [2.45, 2.75) is 44.4 Å². The molecule has 1 aromatic rings. The first-order valence-corrected chi connectivity index (χ1v) is 6.17. The van der Waals surface area contributed by atoms with Gasteiger partial charge in [0.2, 0.25) is 0 Å². The van der Waals surface area contributed by atoms with Gasteiger partial charge >= 0.3 is 0 Å². The monoisotopic (exact) mass is 227 g/mol. The normalized spacial score (nSPS) is 28.1. The number of ether oxygens (including phenoxy) is 1. The van der Waals surface area contributed by atoms with E-state index in [4.69, 9.17) is 10.6 Å². The Hall–Kier alpha value is -0.490. The molecule has 4 nitrogen and oxygen atoms in total. The van der Waals surface area contributed by atoms with Gasteiger partial charge in [0.25, 0.3) is 0 Å². The lowest BCUT2D eigenvalue weighted by Crippen LogP contribution is -2.45. The Balaban J connectivity index is 1.92. The molecule has 0 amide bonds. The van der Waals surface area contributed by atoms with Gasteiger partial charge in [0.15, 0.2) is 0 Å². The van der Waals surface area contributed by atoms with Crippen LogP contribution in [0.2, 0.25) is 0 Å². The predicted octanol–water partition coefficient (Wildman–Crippen LogP) is 1.08. The van der Waals surface area contributed by atoms with Gasteiger partial charge in [0.05, 0.1) is 23.3 Å². The molecule has 2 heterocycles. The second kappa shape index (κ2) is 5.03. The number of aromatic nitrogens is 1. The van der Waals surface area contributed by atoms with E-state index in [0.29, 0.717) is 6.10 Å². The van der Waals surface area contributed by atoms with Crippen LogP contribution >= 0.6 is 11.3 Å². The molecule has 15 heavy (non-hydrogen) atoms. The molecule has 1 aliphatic rings. The number of hydrogen-bond acceptors (Lipinski definition) is 5. The number of nitrogens with two attached hydrogens (primary N) is 1. The first-order chi connectivity index (χ1) is 7.29. The van der Waals surface area contributed by atoms with E-state index in [1.54, 1.807) is 11.3 Å². The van der Waals surface area contributed by atoms with Crippen LogP contribution in [-0.2, 0) is 11.2 Å². The second-order valence-electron chi connectivity index (χ2n) is 3.97. The zero-order valence-corrected chi connectivity index (χ0v) is 9.67. The lowest BCUT2D eigenvalue weighted by Gasteiger charge is -2.21. The summed E-state index contributed by atoms with van der Waals surface area (Å²) in [6, 6.07) is 0.182. The topological polar surface area (TPSA) is 60.2 Å². The number of rotatable bonds is 4. The molecule has 5 heteroatoms. The van der Waals surface area contributed by atoms with Crippen molar-refractivity contribution in [1.82, 2.24) is 10.4 Å². The number of nitrogens with zero attached hydrogens (tertiary/aromatic N) is 1. The summed E-state index contributed by atoms with van der Waals surface area (Å²) in [4.78, 5) is 4.26. The molecule has 0 radical (unpaired) electrons. The van der Waals surface area contributed by atoms with Crippen LogP contribution in [0.4, 0.5) is 0 Å². The molecule has 0 saturated carbocycles. The summed E-state index contributed by atoms with van der Waals surface area (Å²) < 4.78 is 5.80. The number of hydrogen-bond donors (Lipinski definition) is 2. The Labute approximate surface area is 93.8 Å². The minimum atomic E-state index is 0.182. The highest BCUT2D eigenvalue weighted by Crippen LogP contribution is 2.23. The quantitative estimate of drug-likeness (QED) is 0.597. The fraction of sp³-hybridized carbons (Fsp3) is 0.700. The van der Waals surface area contributed by atoms with E-state index < -0.39 is 0 Å². The van der Waals surface area contributed by atoms with Crippen molar-refractivity contribution in [3.05, 3.63) is 16.6 Å². The van der Waals surface area contributed by atoms with E-state index in [-0.39, 0.29) is 12.1 Å². The Kier molecular flexibility index (Phi) is 3.69. The van der Waals surface area contributed by atoms with Crippen LogP contribution < -0.4 is 11.3 Å². The molecule has 0 spiro atoms. The standard InChI is InChI=1S/C10H17N3OS/c1-7-2-3-9(14-7)8(13-11)6-10-12-4-5-15-10/h4-5,7-9,13H,2-3,6,11H2,1H3. The Morgan fingerprint density at radius 3 is 3.13 bits per heavy atom. The highest BCUT2D eigenvalue weighted by molar-refractivity contribution is 7.09. The van der Waals surface area contributed by atoms with Gasteiger partial charge in [-0.05, 0) is 19.8 Å². The Morgan fingerprint density at radius 2 is 2.60 bits per heavy atom. The molecule has 1 fully saturated rings. The van der Waals surface area contributed by atoms with Gasteiger partial charge in [-0.25, -0.2) is 4.98 Å². The molecule has 0 bridgehead atoms. The highest BCUT2D eigenvalue weighted by atomic mass is 32.1. The van der Waals surface area contributed by atoms with E-state index in [9.17, 15) is 0 Å². The first kappa shape index (κ1) is 11.0. The van der Waals surface area contributed by atoms with E-state index in [0.717, 1.165) is 24.3 Å². The maximum absolute atomic E-state index is 5.80. The van der Waals surface area contributed by atoms with E-state index in [1.807, 2.05) is 11.6 Å². The Bertz CT molecular complexity index is 291. The SMILES string of the molecule is CC1CCC(C(Cc2nccs2)NN)O1. The van der Waals surface area contributed by atoms with Gasteiger partial charge in [0.1, 0.15) is 0 Å².